The van der Waals surface area contributed by atoms with E-state index in [-0.39, 0.29) is 0 Å². The van der Waals surface area contributed by atoms with Gasteiger partial charge in [-0.3, -0.25) is 0 Å². The maximum atomic E-state index is 4.25. The normalized spacial score (nSPS) is 8.83. The molecule has 1 nitrogen and oxygen atoms in total. The minimum Gasteiger partial charge on any atom is -0.246 e. The smallest absolute Gasteiger partial charge is 0.106 e. The first-order valence-electron chi connectivity index (χ1n) is 4.21. The number of halogens is 1. The molecule has 0 aromatic carbocycles. The van der Waals surface area contributed by atoms with Gasteiger partial charge in [0.1, 0.15) is 4.60 Å². The second kappa shape index (κ2) is 5.31. The standard InChI is InChI=1S/C8H10BrN.C2H6/c1-5-4-8(9)10-7(3)6(5)2;1-2/h4H,1-3H3;1-2H3. The second-order valence-corrected chi connectivity index (χ2v) is 3.28. The molecule has 0 aliphatic carbocycles. The Kier molecular flexibility index (Phi) is 5.14. The van der Waals surface area contributed by atoms with Crippen molar-refractivity contribution < 1.29 is 0 Å². The molecule has 0 fully saturated rings. The molecule has 0 bridgehead atoms. The molecule has 0 radical (unpaired) electrons. The van der Waals surface area contributed by atoms with Crippen LogP contribution < -0.4 is 0 Å². The summed E-state index contributed by atoms with van der Waals surface area (Å²) in [4.78, 5) is 4.25. The summed E-state index contributed by atoms with van der Waals surface area (Å²) in [6, 6.07) is 2.03. The van der Waals surface area contributed by atoms with Crippen molar-refractivity contribution in [3.63, 3.8) is 0 Å². The Balaban J connectivity index is 0.000000561. The molecule has 2 heteroatoms. The molecular weight excluding hydrogens is 214 g/mol. The highest BCUT2D eigenvalue weighted by Gasteiger charge is 1.98. The molecule has 68 valence electrons. The van der Waals surface area contributed by atoms with Crippen LogP contribution in [0.5, 0.6) is 0 Å². The lowest BCUT2D eigenvalue weighted by molar-refractivity contribution is 1.09. The van der Waals surface area contributed by atoms with Crippen molar-refractivity contribution in [2.24, 2.45) is 0 Å². The fourth-order valence-corrected chi connectivity index (χ4v) is 1.46. The maximum Gasteiger partial charge on any atom is 0.106 e. The van der Waals surface area contributed by atoms with E-state index >= 15 is 0 Å². The van der Waals surface area contributed by atoms with E-state index in [4.69, 9.17) is 0 Å². The van der Waals surface area contributed by atoms with Gasteiger partial charge in [0, 0.05) is 5.69 Å². The molecule has 0 amide bonds. The van der Waals surface area contributed by atoms with Crippen LogP contribution in [0.25, 0.3) is 0 Å². The Bertz CT molecular complexity index is 233. The number of hydrogen-bond donors (Lipinski definition) is 0. The van der Waals surface area contributed by atoms with Gasteiger partial charge in [0.05, 0.1) is 0 Å². The van der Waals surface area contributed by atoms with Crippen molar-refractivity contribution in [2.75, 3.05) is 0 Å². The lowest BCUT2D eigenvalue weighted by atomic mass is 10.1. The predicted octanol–water partition coefficient (Wildman–Crippen LogP) is 3.80. The number of nitrogens with zero attached hydrogens (tertiary/aromatic N) is 1. The lowest BCUT2D eigenvalue weighted by Crippen LogP contribution is -1.90. The Morgan fingerprint density at radius 1 is 1.17 bits per heavy atom. The van der Waals surface area contributed by atoms with E-state index in [9.17, 15) is 0 Å². The second-order valence-electron chi connectivity index (χ2n) is 2.47. The van der Waals surface area contributed by atoms with Gasteiger partial charge < -0.3 is 0 Å². The van der Waals surface area contributed by atoms with Gasteiger partial charge in [-0.25, -0.2) is 4.98 Å². The molecule has 0 atom stereocenters. The number of aryl methyl sites for hydroxylation is 2. The molecule has 0 spiro atoms. The monoisotopic (exact) mass is 229 g/mol. The summed E-state index contributed by atoms with van der Waals surface area (Å²) >= 11 is 3.34. The van der Waals surface area contributed by atoms with Gasteiger partial charge >= 0.3 is 0 Å². The third kappa shape index (κ3) is 2.94. The van der Waals surface area contributed by atoms with Crippen LogP contribution in [0.15, 0.2) is 10.7 Å². The van der Waals surface area contributed by atoms with Crippen LogP contribution >= 0.6 is 15.9 Å². The van der Waals surface area contributed by atoms with Gasteiger partial charge in [-0.1, -0.05) is 13.8 Å². The highest BCUT2D eigenvalue weighted by molar-refractivity contribution is 9.10. The van der Waals surface area contributed by atoms with Crippen molar-refractivity contribution >= 4 is 15.9 Å². The fourth-order valence-electron chi connectivity index (χ4n) is 0.849. The number of aromatic nitrogens is 1. The molecule has 1 rings (SSSR count). The Hall–Kier alpha value is -0.370. The van der Waals surface area contributed by atoms with Gasteiger partial charge in [0.2, 0.25) is 0 Å². The van der Waals surface area contributed by atoms with E-state index in [0.717, 1.165) is 10.3 Å². The molecule has 0 aliphatic rings. The van der Waals surface area contributed by atoms with E-state index < -0.39 is 0 Å². The number of rotatable bonds is 0. The molecule has 1 aromatic heterocycles. The van der Waals surface area contributed by atoms with Gasteiger partial charge in [0.15, 0.2) is 0 Å². The average Bonchev–Trinajstić information content (AvgIpc) is 2.04. The van der Waals surface area contributed by atoms with Gasteiger partial charge in [-0.05, 0) is 53.9 Å². The lowest BCUT2D eigenvalue weighted by Gasteiger charge is -2.02. The Morgan fingerprint density at radius 3 is 2.08 bits per heavy atom. The zero-order chi connectivity index (χ0) is 9.72. The third-order valence-corrected chi connectivity index (χ3v) is 2.15. The van der Waals surface area contributed by atoms with E-state index in [1.54, 1.807) is 0 Å². The van der Waals surface area contributed by atoms with Crippen molar-refractivity contribution in [3.05, 3.63) is 27.5 Å². The zero-order valence-electron chi connectivity index (χ0n) is 8.40. The summed E-state index contributed by atoms with van der Waals surface area (Å²) in [5.41, 5.74) is 3.68. The topological polar surface area (TPSA) is 12.9 Å². The van der Waals surface area contributed by atoms with Crippen LogP contribution in [0.4, 0.5) is 0 Å². The molecule has 1 heterocycles. The van der Waals surface area contributed by atoms with E-state index in [0.29, 0.717) is 0 Å². The number of pyridine rings is 1. The first-order chi connectivity index (χ1) is 5.61. The average molecular weight is 230 g/mol. The summed E-state index contributed by atoms with van der Waals surface area (Å²) in [5, 5.41) is 0. The Morgan fingerprint density at radius 2 is 1.67 bits per heavy atom. The summed E-state index contributed by atoms with van der Waals surface area (Å²) in [6.45, 7) is 10.2. The highest BCUT2D eigenvalue weighted by atomic mass is 79.9. The van der Waals surface area contributed by atoms with E-state index in [2.05, 4.69) is 34.8 Å². The van der Waals surface area contributed by atoms with E-state index in [1.165, 1.54) is 11.1 Å². The molecule has 1 aromatic rings. The van der Waals surface area contributed by atoms with Crippen molar-refractivity contribution in [2.45, 2.75) is 34.6 Å². The van der Waals surface area contributed by atoms with E-state index in [1.807, 2.05) is 26.8 Å². The molecule has 0 saturated carbocycles. The van der Waals surface area contributed by atoms with Crippen LogP contribution in [0.1, 0.15) is 30.7 Å². The first-order valence-corrected chi connectivity index (χ1v) is 5.01. The van der Waals surface area contributed by atoms with Crippen molar-refractivity contribution in [3.8, 4) is 0 Å². The molecule has 0 unspecified atom stereocenters. The molecule has 0 N–H and O–H groups in total. The summed E-state index contributed by atoms with van der Waals surface area (Å²) in [6.07, 6.45) is 0. The van der Waals surface area contributed by atoms with Gasteiger partial charge in [0.25, 0.3) is 0 Å². The number of hydrogen-bond acceptors (Lipinski definition) is 1. The van der Waals surface area contributed by atoms with Crippen LogP contribution in [0.3, 0.4) is 0 Å². The quantitative estimate of drug-likeness (QED) is 0.618. The van der Waals surface area contributed by atoms with Gasteiger partial charge in [-0.15, -0.1) is 0 Å². The predicted molar refractivity (Wildman–Crippen MR) is 57.5 cm³/mol. The molecule has 0 saturated heterocycles. The van der Waals surface area contributed by atoms with Crippen LogP contribution in [-0.4, -0.2) is 4.98 Å². The SMILES string of the molecule is CC.Cc1cc(Br)nc(C)c1C. The first kappa shape index (κ1) is 11.6. The van der Waals surface area contributed by atoms with Crippen molar-refractivity contribution in [1.82, 2.24) is 4.98 Å². The van der Waals surface area contributed by atoms with Crippen LogP contribution in [0.2, 0.25) is 0 Å². The minimum absolute atomic E-state index is 0.924. The summed E-state index contributed by atoms with van der Waals surface area (Å²) < 4.78 is 0.924. The molecule has 12 heavy (non-hydrogen) atoms. The van der Waals surface area contributed by atoms with Crippen LogP contribution in [-0.2, 0) is 0 Å². The summed E-state index contributed by atoms with van der Waals surface area (Å²) in [5.74, 6) is 0. The molecular formula is C10H16BrN. The van der Waals surface area contributed by atoms with Crippen molar-refractivity contribution in [1.29, 1.82) is 0 Å². The third-order valence-electron chi connectivity index (χ3n) is 1.74. The largest absolute Gasteiger partial charge is 0.246 e. The van der Waals surface area contributed by atoms with Gasteiger partial charge in [-0.2, -0.15) is 0 Å². The Labute approximate surface area is 83.3 Å². The maximum absolute atomic E-state index is 4.25. The molecule has 0 aliphatic heterocycles. The van der Waals surface area contributed by atoms with Crippen LogP contribution in [0, 0.1) is 20.8 Å². The minimum atomic E-state index is 0.924. The fraction of sp³-hybridized carbons (Fsp3) is 0.500. The summed E-state index contributed by atoms with van der Waals surface area (Å²) in [7, 11) is 0. The highest BCUT2D eigenvalue weighted by Crippen LogP contribution is 2.14. The zero-order valence-corrected chi connectivity index (χ0v) is 9.99.